The fourth-order valence-electron chi connectivity index (χ4n) is 1.36. The summed E-state index contributed by atoms with van der Waals surface area (Å²) < 4.78 is 5.17. The van der Waals surface area contributed by atoms with Gasteiger partial charge in [-0.15, -0.1) is 0 Å². The Bertz CT molecular complexity index is 303. The van der Waals surface area contributed by atoms with Gasteiger partial charge in [-0.1, -0.05) is 29.8 Å². The van der Waals surface area contributed by atoms with Gasteiger partial charge in [-0.2, -0.15) is 0 Å². The van der Waals surface area contributed by atoms with E-state index in [2.05, 4.69) is 12.2 Å². The molecule has 0 aliphatic rings. The zero-order valence-corrected chi connectivity index (χ0v) is 10.2. The monoisotopic (exact) mass is 227 g/mol. The summed E-state index contributed by atoms with van der Waals surface area (Å²) in [5.74, 6) is 0. The predicted octanol–water partition coefficient (Wildman–Crippen LogP) is 3.03. The normalized spacial score (nSPS) is 14.9. The fraction of sp³-hybridized carbons (Fsp3) is 0.500. The van der Waals surface area contributed by atoms with Crippen LogP contribution in [0.1, 0.15) is 25.5 Å². The first-order valence-corrected chi connectivity index (χ1v) is 5.53. The lowest BCUT2D eigenvalue weighted by molar-refractivity contribution is 0.115. The maximum atomic E-state index is 6.10. The van der Waals surface area contributed by atoms with Gasteiger partial charge in [0.05, 0.1) is 6.10 Å². The molecule has 0 spiro atoms. The fourth-order valence-corrected chi connectivity index (χ4v) is 1.66. The van der Waals surface area contributed by atoms with Crippen LogP contribution in [-0.2, 0) is 4.74 Å². The highest BCUT2D eigenvalue weighted by Gasteiger charge is 2.09. The molecule has 2 nitrogen and oxygen atoms in total. The Balaban J connectivity index is 2.54. The van der Waals surface area contributed by atoms with E-state index >= 15 is 0 Å². The van der Waals surface area contributed by atoms with Crippen LogP contribution in [0.15, 0.2) is 24.3 Å². The lowest BCUT2D eigenvalue weighted by atomic mass is 10.1. The Morgan fingerprint density at radius 2 is 2.00 bits per heavy atom. The van der Waals surface area contributed by atoms with Gasteiger partial charge < -0.3 is 10.1 Å². The van der Waals surface area contributed by atoms with Crippen molar-refractivity contribution in [1.82, 2.24) is 5.32 Å². The third-order valence-electron chi connectivity index (χ3n) is 2.49. The molecule has 0 saturated heterocycles. The van der Waals surface area contributed by atoms with Gasteiger partial charge in [0.1, 0.15) is 0 Å². The average Bonchev–Trinajstić information content (AvgIpc) is 2.26. The van der Waals surface area contributed by atoms with Gasteiger partial charge in [-0.25, -0.2) is 0 Å². The van der Waals surface area contributed by atoms with Crippen molar-refractivity contribution >= 4 is 11.6 Å². The van der Waals surface area contributed by atoms with Crippen LogP contribution in [0.3, 0.4) is 0 Å². The maximum Gasteiger partial charge on any atom is 0.0667 e. The molecule has 15 heavy (non-hydrogen) atoms. The van der Waals surface area contributed by atoms with Crippen molar-refractivity contribution in [3.8, 4) is 0 Å². The molecule has 1 N–H and O–H groups in total. The Morgan fingerprint density at radius 1 is 1.33 bits per heavy atom. The molecule has 0 aromatic heterocycles. The third kappa shape index (κ3) is 3.82. The van der Waals surface area contributed by atoms with E-state index in [9.17, 15) is 0 Å². The first-order chi connectivity index (χ1) is 7.15. The summed E-state index contributed by atoms with van der Waals surface area (Å²) in [5, 5.41) is 4.19. The van der Waals surface area contributed by atoms with E-state index in [-0.39, 0.29) is 12.1 Å². The number of hydrogen-bond acceptors (Lipinski definition) is 2. The molecule has 0 fully saturated rings. The Kier molecular flexibility index (Phi) is 5.09. The maximum absolute atomic E-state index is 6.10. The highest BCUT2D eigenvalue weighted by atomic mass is 35.5. The highest BCUT2D eigenvalue weighted by Crippen LogP contribution is 2.21. The summed E-state index contributed by atoms with van der Waals surface area (Å²) >= 11 is 6.10. The van der Waals surface area contributed by atoms with Gasteiger partial charge in [-0.3, -0.25) is 0 Å². The molecule has 3 heteroatoms. The number of hydrogen-bond donors (Lipinski definition) is 1. The molecule has 0 radical (unpaired) electrons. The van der Waals surface area contributed by atoms with Crippen molar-refractivity contribution in [2.24, 2.45) is 0 Å². The van der Waals surface area contributed by atoms with Crippen LogP contribution in [0.4, 0.5) is 0 Å². The molecule has 84 valence electrons. The molecule has 0 saturated carbocycles. The van der Waals surface area contributed by atoms with E-state index in [1.807, 2.05) is 31.2 Å². The van der Waals surface area contributed by atoms with E-state index in [0.717, 1.165) is 17.1 Å². The molecule has 1 rings (SSSR count). The van der Waals surface area contributed by atoms with E-state index in [4.69, 9.17) is 16.3 Å². The summed E-state index contributed by atoms with van der Waals surface area (Å²) in [6, 6.07) is 8.14. The van der Waals surface area contributed by atoms with Crippen LogP contribution >= 0.6 is 11.6 Å². The molecule has 0 bridgehead atoms. The summed E-state index contributed by atoms with van der Waals surface area (Å²) in [6.07, 6.45) is 0.218. The van der Waals surface area contributed by atoms with E-state index in [0.29, 0.717) is 0 Å². The minimum Gasteiger partial charge on any atom is -0.380 e. The molecule has 1 aromatic rings. The quantitative estimate of drug-likeness (QED) is 0.835. The van der Waals surface area contributed by atoms with Crippen molar-refractivity contribution in [2.75, 3.05) is 13.7 Å². The summed E-state index contributed by atoms with van der Waals surface area (Å²) in [4.78, 5) is 0. The molecule has 0 aliphatic carbocycles. The second kappa shape index (κ2) is 6.11. The molecule has 2 atom stereocenters. The van der Waals surface area contributed by atoms with E-state index in [1.165, 1.54) is 0 Å². The second-order valence-electron chi connectivity index (χ2n) is 3.70. The average molecular weight is 228 g/mol. The van der Waals surface area contributed by atoms with Gasteiger partial charge >= 0.3 is 0 Å². The van der Waals surface area contributed by atoms with Gasteiger partial charge in [0.15, 0.2) is 0 Å². The first kappa shape index (κ1) is 12.5. The molecule has 1 unspecified atom stereocenters. The summed E-state index contributed by atoms with van der Waals surface area (Å²) in [6.45, 7) is 4.96. The molecule has 0 aliphatic heterocycles. The smallest absolute Gasteiger partial charge is 0.0667 e. The molecular formula is C12H18ClNO. The van der Waals surface area contributed by atoms with Crippen LogP contribution in [-0.4, -0.2) is 19.8 Å². The lowest BCUT2D eigenvalue weighted by Crippen LogP contribution is -2.28. The molecular weight excluding hydrogens is 210 g/mol. The van der Waals surface area contributed by atoms with Crippen molar-refractivity contribution in [3.63, 3.8) is 0 Å². The van der Waals surface area contributed by atoms with E-state index in [1.54, 1.807) is 7.11 Å². The summed E-state index contributed by atoms with van der Waals surface area (Å²) in [7, 11) is 1.71. The lowest BCUT2D eigenvalue weighted by Gasteiger charge is -2.18. The number of ether oxygens (including phenoxy) is 1. The predicted molar refractivity (Wildman–Crippen MR) is 64.3 cm³/mol. The Hall–Kier alpha value is -0.570. The van der Waals surface area contributed by atoms with Crippen molar-refractivity contribution in [1.29, 1.82) is 0 Å². The number of rotatable bonds is 5. The standard InChI is InChI=1S/C12H18ClNO/c1-9(15-3)8-14-10(2)11-6-4-5-7-12(11)13/h4-7,9-10,14H,8H2,1-3H3/t9?,10-/m0/s1. The summed E-state index contributed by atoms with van der Waals surface area (Å²) in [5.41, 5.74) is 1.13. The third-order valence-corrected chi connectivity index (χ3v) is 2.83. The van der Waals surface area contributed by atoms with Crippen LogP contribution < -0.4 is 5.32 Å². The SMILES string of the molecule is COC(C)CN[C@@H](C)c1ccccc1Cl. The number of methoxy groups -OCH3 is 1. The van der Waals surface area contributed by atoms with E-state index < -0.39 is 0 Å². The van der Waals surface area contributed by atoms with Gasteiger partial charge in [0.2, 0.25) is 0 Å². The van der Waals surface area contributed by atoms with Gasteiger partial charge in [0, 0.05) is 24.7 Å². The number of benzene rings is 1. The Morgan fingerprint density at radius 3 is 2.60 bits per heavy atom. The van der Waals surface area contributed by atoms with Gasteiger partial charge in [0.25, 0.3) is 0 Å². The topological polar surface area (TPSA) is 21.3 Å². The second-order valence-corrected chi connectivity index (χ2v) is 4.10. The van der Waals surface area contributed by atoms with Gasteiger partial charge in [-0.05, 0) is 25.5 Å². The zero-order valence-electron chi connectivity index (χ0n) is 9.46. The van der Waals surface area contributed by atoms with Crippen LogP contribution in [0.5, 0.6) is 0 Å². The van der Waals surface area contributed by atoms with Crippen molar-refractivity contribution in [3.05, 3.63) is 34.9 Å². The molecule has 0 heterocycles. The minimum atomic E-state index is 0.218. The molecule has 0 amide bonds. The number of halogens is 1. The zero-order chi connectivity index (χ0) is 11.3. The van der Waals surface area contributed by atoms with Crippen LogP contribution in [0.25, 0.3) is 0 Å². The number of nitrogens with one attached hydrogen (secondary N) is 1. The molecule has 1 aromatic carbocycles. The largest absolute Gasteiger partial charge is 0.380 e. The highest BCUT2D eigenvalue weighted by molar-refractivity contribution is 6.31. The van der Waals surface area contributed by atoms with Crippen LogP contribution in [0.2, 0.25) is 5.02 Å². The Labute approximate surface area is 96.6 Å². The minimum absolute atomic E-state index is 0.218. The first-order valence-electron chi connectivity index (χ1n) is 5.15. The van der Waals surface area contributed by atoms with Crippen molar-refractivity contribution < 1.29 is 4.74 Å². The van der Waals surface area contributed by atoms with Crippen molar-refractivity contribution in [2.45, 2.75) is 26.0 Å². The van der Waals surface area contributed by atoms with Crippen LogP contribution in [0, 0.1) is 0 Å².